The number of aliphatic hydroxyl groups is 1. The van der Waals surface area contributed by atoms with Gasteiger partial charge in [0.15, 0.2) is 0 Å². The Bertz CT molecular complexity index is 271. The van der Waals surface area contributed by atoms with Gasteiger partial charge in [0, 0.05) is 13.1 Å². The van der Waals surface area contributed by atoms with Crippen molar-refractivity contribution in [1.29, 1.82) is 0 Å². The number of hydrogen-bond donors (Lipinski definition) is 3. The summed E-state index contributed by atoms with van der Waals surface area (Å²) in [4.78, 5) is 11.6. The van der Waals surface area contributed by atoms with Crippen LogP contribution in [-0.2, 0) is 4.79 Å². The van der Waals surface area contributed by atoms with Crippen LogP contribution in [0.4, 0.5) is 0 Å². The molecule has 1 aliphatic carbocycles. The van der Waals surface area contributed by atoms with Crippen molar-refractivity contribution in [3.05, 3.63) is 12.7 Å². The van der Waals surface area contributed by atoms with Crippen molar-refractivity contribution >= 4 is 5.91 Å². The molecule has 1 atom stereocenters. The maximum atomic E-state index is 11.6. The third-order valence-corrected chi connectivity index (χ3v) is 3.59. The van der Waals surface area contributed by atoms with Gasteiger partial charge in [0.05, 0.1) is 11.6 Å². The molecule has 0 bridgehead atoms. The molecule has 0 saturated heterocycles. The topological polar surface area (TPSA) is 61.4 Å². The van der Waals surface area contributed by atoms with Crippen molar-refractivity contribution in [1.82, 2.24) is 10.6 Å². The van der Waals surface area contributed by atoms with Crippen LogP contribution < -0.4 is 10.6 Å². The van der Waals surface area contributed by atoms with Crippen LogP contribution in [0.3, 0.4) is 0 Å². The Balaban J connectivity index is 2.33. The molecule has 1 amide bonds. The normalized spacial score (nSPS) is 20.8. The monoisotopic (exact) mass is 254 g/mol. The van der Waals surface area contributed by atoms with E-state index in [2.05, 4.69) is 17.2 Å². The second-order valence-electron chi connectivity index (χ2n) is 5.27. The van der Waals surface area contributed by atoms with Crippen LogP contribution in [-0.4, -0.2) is 35.7 Å². The zero-order chi connectivity index (χ0) is 13.4. The minimum Gasteiger partial charge on any atom is -0.389 e. The Morgan fingerprint density at radius 1 is 1.39 bits per heavy atom. The predicted molar refractivity (Wildman–Crippen MR) is 73.3 cm³/mol. The van der Waals surface area contributed by atoms with Crippen LogP contribution in [0, 0.1) is 0 Å². The highest BCUT2D eigenvalue weighted by atomic mass is 16.3. The maximum Gasteiger partial charge on any atom is 0.237 e. The quantitative estimate of drug-likeness (QED) is 0.495. The number of hydrogen-bond acceptors (Lipinski definition) is 3. The van der Waals surface area contributed by atoms with Crippen LogP contribution >= 0.6 is 0 Å². The first kappa shape index (κ1) is 15.2. The SMILES string of the molecule is C=CCNC(=O)C(C)NCC1(O)CCCCCC1. The summed E-state index contributed by atoms with van der Waals surface area (Å²) in [5.74, 6) is -0.0490. The van der Waals surface area contributed by atoms with E-state index in [4.69, 9.17) is 0 Å². The molecule has 0 aromatic heterocycles. The third-order valence-electron chi connectivity index (χ3n) is 3.59. The van der Waals surface area contributed by atoms with Crippen molar-refractivity contribution in [2.24, 2.45) is 0 Å². The lowest BCUT2D eigenvalue weighted by molar-refractivity contribution is -0.122. The van der Waals surface area contributed by atoms with E-state index in [1.165, 1.54) is 12.8 Å². The average Bonchev–Trinajstić information content (AvgIpc) is 2.58. The number of carbonyl (C=O) groups is 1. The van der Waals surface area contributed by atoms with Gasteiger partial charge in [-0.1, -0.05) is 31.8 Å². The minimum absolute atomic E-state index is 0.0490. The van der Waals surface area contributed by atoms with E-state index in [0.717, 1.165) is 25.7 Å². The van der Waals surface area contributed by atoms with E-state index < -0.39 is 5.60 Å². The van der Waals surface area contributed by atoms with Crippen molar-refractivity contribution in [3.63, 3.8) is 0 Å². The fourth-order valence-corrected chi connectivity index (χ4v) is 2.33. The summed E-state index contributed by atoms with van der Waals surface area (Å²) in [5, 5.41) is 16.3. The van der Waals surface area contributed by atoms with Crippen molar-refractivity contribution in [2.45, 2.75) is 57.1 Å². The highest BCUT2D eigenvalue weighted by molar-refractivity contribution is 5.81. The maximum absolute atomic E-state index is 11.6. The zero-order valence-corrected chi connectivity index (χ0v) is 11.4. The molecule has 4 heteroatoms. The van der Waals surface area contributed by atoms with Gasteiger partial charge in [-0.3, -0.25) is 4.79 Å². The number of amides is 1. The van der Waals surface area contributed by atoms with Gasteiger partial charge in [-0.15, -0.1) is 6.58 Å². The molecule has 0 heterocycles. The third kappa shape index (κ3) is 5.19. The van der Waals surface area contributed by atoms with E-state index in [-0.39, 0.29) is 11.9 Å². The molecule has 1 fully saturated rings. The van der Waals surface area contributed by atoms with Crippen molar-refractivity contribution in [2.75, 3.05) is 13.1 Å². The van der Waals surface area contributed by atoms with Crippen LogP contribution in [0.2, 0.25) is 0 Å². The summed E-state index contributed by atoms with van der Waals surface area (Å²) >= 11 is 0. The molecule has 18 heavy (non-hydrogen) atoms. The lowest BCUT2D eigenvalue weighted by Gasteiger charge is -2.28. The first-order chi connectivity index (χ1) is 8.57. The summed E-state index contributed by atoms with van der Waals surface area (Å²) in [6.07, 6.45) is 7.89. The highest BCUT2D eigenvalue weighted by Gasteiger charge is 2.28. The molecular formula is C14H26N2O2. The number of carbonyl (C=O) groups excluding carboxylic acids is 1. The lowest BCUT2D eigenvalue weighted by atomic mass is 9.94. The van der Waals surface area contributed by atoms with Gasteiger partial charge < -0.3 is 15.7 Å². The first-order valence-corrected chi connectivity index (χ1v) is 6.92. The molecule has 1 unspecified atom stereocenters. The van der Waals surface area contributed by atoms with Gasteiger partial charge in [0.25, 0.3) is 0 Å². The summed E-state index contributed by atoms with van der Waals surface area (Å²) in [7, 11) is 0. The first-order valence-electron chi connectivity index (χ1n) is 6.92. The fourth-order valence-electron chi connectivity index (χ4n) is 2.33. The summed E-state index contributed by atoms with van der Waals surface area (Å²) < 4.78 is 0. The van der Waals surface area contributed by atoms with Gasteiger partial charge in [-0.25, -0.2) is 0 Å². The second-order valence-corrected chi connectivity index (χ2v) is 5.27. The van der Waals surface area contributed by atoms with E-state index in [1.807, 2.05) is 6.92 Å². The summed E-state index contributed by atoms with van der Waals surface area (Å²) in [6, 6.07) is -0.280. The molecule has 3 N–H and O–H groups in total. The molecule has 0 aromatic rings. The molecular weight excluding hydrogens is 228 g/mol. The molecule has 0 aliphatic heterocycles. The Kier molecular flexibility index (Phi) is 6.36. The molecule has 1 rings (SSSR count). The molecule has 1 aliphatic rings. The van der Waals surface area contributed by atoms with Crippen LogP contribution in [0.1, 0.15) is 45.4 Å². The van der Waals surface area contributed by atoms with Gasteiger partial charge >= 0.3 is 0 Å². The van der Waals surface area contributed by atoms with E-state index in [9.17, 15) is 9.90 Å². The smallest absolute Gasteiger partial charge is 0.237 e. The number of rotatable bonds is 6. The predicted octanol–water partition coefficient (Wildman–Crippen LogP) is 1.35. The molecule has 104 valence electrons. The van der Waals surface area contributed by atoms with E-state index in [1.54, 1.807) is 6.08 Å². The highest BCUT2D eigenvalue weighted by Crippen LogP contribution is 2.26. The lowest BCUT2D eigenvalue weighted by Crippen LogP contribution is -2.49. The molecule has 1 saturated carbocycles. The van der Waals surface area contributed by atoms with Crippen LogP contribution in [0.5, 0.6) is 0 Å². The Morgan fingerprint density at radius 3 is 2.56 bits per heavy atom. The van der Waals surface area contributed by atoms with Gasteiger partial charge in [-0.2, -0.15) is 0 Å². The van der Waals surface area contributed by atoms with Crippen molar-refractivity contribution < 1.29 is 9.90 Å². The van der Waals surface area contributed by atoms with E-state index in [0.29, 0.717) is 13.1 Å². The van der Waals surface area contributed by atoms with E-state index >= 15 is 0 Å². The number of nitrogens with one attached hydrogen (secondary N) is 2. The Morgan fingerprint density at radius 2 is 2.00 bits per heavy atom. The molecule has 4 nitrogen and oxygen atoms in total. The Labute approximate surface area is 110 Å². The Hall–Kier alpha value is -0.870. The standard InChI is InChI=1S/C14H26N2O2/c1-3-10-15-13(17)12(2)16-11-14(18)8-6-4-5-7-9-14/h3,12,16,18H,1,4-11H2,2H3,(H,15,17). The largest absolute Gasteiger partial charge is 0.389 e. The van der Waals surface area contributed by atoms with Crippen LogP contribution in [0.25, 0.3) is 0 Å². The zero-order valence-electron chi connectivity index (χ0n) is 11.4. The minimum atomic E-state index is -0.635. The van der Waals surface area contributed by atoms with Gasteiger partial charge in [-0.05, 0) is 19.8 Å². The molecule has 0 aromatic carbocycles. The van der Waals surface area contributed by atoms with Crippen molar-refractivity contribution in [3.8, 4) is 0 Å². The summed E-state index contributed by atoms with van der Waals surface area (Å²) in [5.41, 5.74) is -0.635. The van der Waals surface area contributed by atoms with Gasteiger partial charge in [0.1, 0.15) is 0 Å². The fraction of sp³-hybridized carbons (Fsp3) is 0.786. The average molecular weight is 254 g/mol. The van der Waals surface area contributed by atoms with Gasteiger partial charge in [0.2, 0.25) is 5.91 Å². The molecule has 0 spiro atoms. The second kappa shape index (κ2) is 7.54. The molecule has 0 radical (unpaired) electrons. The summed E-state index contributed by atoms with van der Waals surface area (Å²) in [6.45, 7) is 6.35. The van der Waals surface area contributed by atoms with Crippen LogP contribution in [0.15, 0.2) is 12.7 Å².